The van der Waals surface area contributed by atoms with Crippen LogP contribution in [0.25, 0.3) is 0 Å². The predicted molar refractivity (Wildman–Crippen MR) is 10.7 cm³/mol. The number of carboxylic acids is 1. The van der Waals surface area contributed by atoms with Crippen molar-refractivity contribution in [3.8, 4) is 0 Å². The molecule has 0 fully saturated rings. The van der Waals surface area contributed by atoms with Gasteiger partial charge in [-0.1, -0.05) is 0 Å². The maximum atomic E-state index is 8.89. The van der Waals surface area contributed by atoms with Crippen LogP contribution in [-0.4, -0.2) is 5.97 Å². The summed E-state index contributed by atoms with van der Waals surface area (Å²) < 4.78 is 0. The summed E-state index contributed by atoms with van der Waals surface area (Å²) in [6.07, 6.45) is 0. The molecule has 5 heavy (non-hydrogen) atoms. The SMILES string of the molecule is CC(=O)[O-].[Mn]. The molecule has 0 aromatic heterocycles. The Bertz CT molecular complexity index is 30.6. The maximum Gasteiger partial charge on any atom is 0.0383 e. The molecule has 0 bridgehead atoms. The molecule has 0 rings (SSSR count). The summed E-state index contributed by atoms with van der Waals surface area (Å²) >= 11 is 0. The fraction of sp³-hybridized carbons (Fsp3) is 0.500. The fourth-order valence-corrected chi connectivity index (χ4v) is 0. The van der Waals surface area contributed by atoms with Gasteiger partial charge in [0.05, 0.1) is 0 Å². The van der Waals surface area contributed by atoms with Gasteiger partial charge in [-0.2, -0.15) is 0 Å². The first-order valence-corrected chi connectivity index (χ1v) is 0.908. The number of rotatable bonds is 0. The number of hydrogen-bond donors (Lipinski definition) is 0. The van der Waals surface area contributed by atoms with Crippen LogP contribution in [0.3, 0.4) is 0 Å². The van der Waals surface area contributed by atoms with Gasteiger partial charge < -0.3 is 9.90 Å². The van der Waals surface area contributed by atoms with E-state index in [0.29, 0.717) is 0 Å². The van der Waals surface area contributed by atoms with Gasteiger partial charge in [0.15, 0.2) is 0 Å². The van der Waals surface area contributed by atoms with Crippen molar-refractivity contribution in [2.75, 3.05) is 0 Å². The Kier molecular flexibility index (Phi) is 7.09. The van der Waals surface area contributed by atoms with E-state index in [1.54, 1.807) is 0 Å². The molecule has 0 aliphatic rings. The summed E-state index contributed by atoms with van der Waals surface area (Å²) in [5.41, 5.74) is 0. The molecule has 0 spiro atoms. The Labute approximate surface area is 40.7 Å². The third-order valence-corrected chi connectivity index (χ3v) is 0. The van der Waals surface area contributed by atoms with E-state index in [9.17, 15) is 0 Å². The molecule has 3 heteroatoms. The molecule has 0 aromatic carbocycles. The molecule has 0 heterocycles. The van der Waals surface area contributed by atoms with Crippen molar-refractivity contribution >= 4 is 5.97 Å². The minimum atomic E-state index is -1.08. The Morgan fingerprint density at radius 2 is 1.80 bits per heavy atom. The third kappa shape index (κ3) is 143000. The van der Waals surface area contributed by atoms with Crippen LogP contribution < -0.4 is 5.11 Å². The van der Waals surface area contributed by atoms with Gasteiger partial charge in [-0.15, -0.1) is 0 Å². The van der Waals surface area contributed by atoms with E-state index in [1.807, 2.05) is 0 Å². The van der Waals surface area contributed by atoms with Crippen LogP contribution in [0.1, 0.15) is 6.92 Å². The molecule has 0 aliphatic carbocycles. The van der Waals surface area contributed by atoms with Gasteiger partial charge in [0, 0.05) is 23.0 Å². The minimum absolute atomic E-state index is 0. The second-order valence-corrected chi connectivity index (χ2v) is 0.492. The van der Waals surface area contributed by atoms with Crippen LogP contribution in [-0.2, 0) is 21.9 Å². The Hall–Kier alpha value is -0.0105. The van der Waals surface area contributed by atoms with Crippen LogP contribution in [0.2, 0.25) is 0 Å². The Morgan fingerprint density at radius 1 is 1.80 bits per heavy atom. The van der Waals surface area contributed by atoms with Crippen LogP contribution in [0.15, 0.2) is 0 Å². The second-order valence-electron chi connectivity index (χ2n) is 0.492. The molecule has 1 radical (unpaired) electrons. The van der Waals surface area contributed by atoms with Gasteiger partial charge in [-0.05, 0) is 6.92 Å². The molecule has 2 nitrogen and oxygen atoms in total. The van der Waals surface area contributed by atoms with E-state index in [-0.39, 0.29) is 17.1 Å². The summed E-state index contributed by atoms with van der Waals surface area (Å²) in [5, 5.41) is 8.89. The van der Waals surface area contributed by atoms with Crippen LogP contribution in [0.5, 0.6) is 0 Å². The van der Waals surface area contributed by atoms with Gasteiger partial charge in [-0.3, -0.25) is 0 Å². The van der Waals surface area contributed by atoms with E-state index in [2.05, 4.69) is 0 Å². The molecule has 0 aliphatic heterocycles. The number of carbonyl (C=O) groups excluding carboxylic acids is 1. The average molecular weight is 114 g/mol. The summed E-state index contributed by atoms with van der Waals surface area (Å²) in [4.78, 5) is 8.89. The molecule has 0 amide bonds. The van der Waals surface area contributed by atoms with Crippen molar-refractivity contribution in [1.82, 2.24) is 0 Å². The van der Waals surface area contributed by atoms with Crippen molar-refractivity contribution in [1.29, 1.82) is 0 Å². The average Bonchev–Trinajstić information content (AvgIpc) is 0.811. The maximum absolute atomic E-state index is 8.89. The number of hydrogen-bond acceptors (Lipinski definition) is 2. The minimum Gasteiger partial charge on any atom is -0.550 e. The largest absolute Gasteiger partial charge is 0.550 e. The summed E-state index contributed by atoms with van der Waals surface area (Å²) in [7, 11) is 0. The molecule has 0 aromatic rings. The van der Waals surface area contributed by atoms with E-state index < -0.39 is 5.97 Å². The first-order chi connectivity index (χ1) is 1.73. The molecule has 0 N–H and O–H groups in total. The molecule has 0 unspecified atom stereocenters. The molecule has 0 saturated carbocycles. The predicted octanol–water partition coefficient (Wildman–Crippen LogP) is -1.25. The van der Waals surface area contributed by atoms with Crippen molar-refractivity contribution in [3.63, 3.8) is 0 Å². The van der Waals surface area contributed by atoms with Crippen molar-refractivity contribution in [2.24, 2.45) is 0 Å². The van der Waals surface area contributed by atoms with E-state index >= 15 is 0 Å². The summed E-state index contributed by atoms with van der Waals surface area (Å²) in [6, 6.07) is 0. The first-order valence-electron chi connectivity index (χ1n) is 0.908. The Morgan fingerprint density at radius 3 is 1.80 bits per heavy atom. The standard InChI is InChI=1S/C2H4O2.Mn/c1-2(3)4;/h1H3,(H,3,4);/p-1. The zero-order valence-corrected chi connectivity index (χ0v) is 3.87. The molecule has 0 atom stereocenters. The van der Waals surface area contributed by atoms with E-state index in [0.717, 1.165) is 6.92 Å². The number of carboxylic acid groups (broad SMARTS) is 1. The molecular formula is C2H3MnO2-. The van der Waals surface area contributed by atoms with Gasteiger partial charge >= 0.3 is 0 Å². The molecular weight excluding hydrogens is 111 g/mol. The topological polar surface area (TPSA) is 40.1 Å². The first kappa shape index (κ1) is 8.89. The quantitative estimate of drug-likeness (QED) is 0.369. The van der Waals surface area contributed by atoms with Gasteiger partial charge in [0.2, 0.25) is 0 Å². The number of aliphatic carboxylic acids is 1. The van der Waals surface area contributed by atoms with Crippen molar-refractivity contribution in [2.45, 2.75) is 6.92 Å². The van der Waals surface area contributed by atoms with Crippen molar-refractivity contribution in [3.05, 3.63) is 0 Å². The zero-order valence-electron chi connectivity index (χ0n) is 2.69. The van der Waals surface area contributed by atoms with Gasteiger partial charge in [-0.25, -0.2) is 0 Å². The monoisotopic (exact) mass is 114 g/mol. The molecule has 31 valence electrons. The smallest absolute Gasteiger partial charge is 0.0383 e. The normalized spacial score (nSPS) is 5.00. The number of carbonyl (C=O) groups is 1. The Balaban J connectivity index is 0. The van der Waals surface area contributed by atoms with Crippen LogP contribution >= 0.6 is 0 Å². The van der Waals surface area contributed by atoms with E-state index in [4.69, 9.17) is 9.90 Å². The second kappa shape index (κ2) is 3.99. The zero-order chi connectivity index (χ0) is 3.58. The third-order valence-electron chi connectivity index (χ3n) is 0. The van der Waals surface area contributed by atoms with Crippen molar-refractivity contribution < 1.29 is 27.0 Å². The van der Waals surface area contributed by atoms with Crippen LogP contribution in [0.4, 0.5) is 0 Å². The summed E-state index contributed by atoms with van der Waals surface area (Å²) in [6.45, 7) is 0.972. The van der Waals surface area contributed by atoms with Gasteiger partial charge in [0.25, 0.3) is 0 Å². The van der Waals surface area contributed by atoms with Crippen LogP contribution in [0, 0.1) is 0 Å². The van der Waals surface area contributed by atoms with E-state index in [1.165, 1.54) is 0 Å². The van der Waals surface area contributed by atoms with Gasteiger partial charge in [0.1, 0.15) is 0 Å². The molecule has 0 saturated heterocycles. The fourth-order valence-electron chi connectivity index (χ4n) is 0. The summed E-state index contributed by atoms with van der Waals surface area (Å²) in [5.74, 6) is -1.08.